The van der Waals surface area contributed by atoms with Crippen LogP contribution in [0.3, 0.4) is 0 Å². The SMILES string of the molecule is C=C1CN(SI)CC1C. The average Bonchev–Trinajstić information content (AvgIpc) is 2.13. The number of hydrogen-bond donors (Lipinski definition) is 0. The van der Waals surface area contributed by atoms with Crippen molar-refractivity contribution in [1.29, 1.82) is 0 Å². The minimum atomic E-state index is 0.701. The van der Waals surface area contributed by atoms with Crippen molar-refractivity contribution in [1.82, 2.24) is 4.31 Å². The Bertz CT molecular complexity index is 126. The molecule has 1 atom stereocenters. The molecule has 0 aliphatic carbocycles. The van der Waals surface area contributed by atoms with Crippen LogP contribution in [0.1, 0.15) is 6.92 Å². The molecule has 1 aliphatic rings. The van der Waals surface area contributed by atoms with E-state index in [-0.39, 0.29) is 0 Å². The highest BCUT2D eigenvalue weighted by atomic mass is 127. The molecule has 0 spiro atoms. The predicted octanol–water partition coefficient (Wildman–Crippen LogP) is 2.49. The van der Waals surface area contributed by atoms with E-state index in [9.17, 15) is 0 Å². The van der Waals surface area contributed by atoms with E-state index in [1.807, 2.05) is 0 Å². The van der Waals surface area contributed by atoms with Gasteiger partial charge in [0.2, 0.25) is 0 Å². The van der Waals surface area contributed by atoms with E-state index in [4.69, 9.17) is 0 Å². The Hall–Kier alpha value is 0.780. The van der Waals surface area contributed by atoms with Crippen LogP contribution in [-0.4, -0.2) is 17.4 Å². The largest absolute Gasteiger partial charge is 0.237 e. The van der Waals surface area contributed by atoms with Crippen LogP contribution in [0.2, 0.25) is 0 Å². The Morgan fingerprint density at radius 1 is 1.89 bits per heavy atom. The van der Waals surface area contributed by atoms with E-state index in [2.05, 4.69) is 39.0 Å². The van der Waals surface area contributed by atoms with Crippen LogP contribution in [0.5, 0.6) is 0 Å². The molecule has 3 heteroatoms. The van der Waals surface area contributed by atoms with E-state index < -0.39 is 0 Å². The van der Waals surface area contributed by atoms with Gasteiger partial charge in [0, 0.05) is 34.3 Å². The van der Waals surface area contributed by atoms with Gasteiger partial charge in [-0.3, -0.25) is 0 Å². The third-order valence-electron chi connectivity index (χ3n) is 1.65. The Balaban J connectivity index is 2.44. The van der Waals surface area contributed by atoms with Gasteiger partial charge >= 0.3 is 0 Å². The summed E-state index contributed by atoms with van der Waals surface area (Å²) in [4.78, 5) is 0. The van der Waals surface area contributed by atoms with Gasteiger partial charge in [0.15, 0.2) is 0 Å². The number of nitrogens with zero attached hydrogens (tertiary/aromatic N) is 1. The molecule has 0 aromatic carbocycles. The normalized spacial score (nSPS) is 29.6. The first-order valence-corrected chi connectivity index (χ1v) is 6.27. The van der Waals surface area contributed by atoms with Crippen LogP contribution in [0.15, 0.2) is 12.2 Å². The van der Waals surface area contributed by atoms with E-state index >= 15 is 0 Å². The molecule has 0 radical (unpaired) electrons. The summed E-state index contributed by atoms with van der Waals surface area (Å²) in [5, 5.41) is 0. The summed E-state index contributed by atoms with van der Waals surface area (Å²) in [5.41, 5.74) is 1.37. The summed E-state index contributed by atoms with van der Waals surface area (Å²) in [6, 6.07) is 0. The highest BCUT2D eigenvalue weighted by Crippen LogP contribution is 2.29. The van der Waals surface area contributed by atoms with Gasteiger partial charge in [-0.2, -0.15) is 0 Å². The molecule has 0 saturated carbocycles. The van der Waals surface area contributed by atoms with Crippen molar-refractivity contribution < 1.29 is 0 Å². The topological polar surface area (TPSA) is 3.24 Å². The first-order chi connectivity index (χ1) is 4.24. The van der Waals surface area contributed by atoms with Crippen molar-refractivity contribution in [2.24, 2.45) is 5.92 Å². The van der Waals surface area contributed by atoms with E-state index in [0.29, 0.717) is 5.92 Å². The fourth-order valence-electron chi connectivity index (χ4n) is 0.934. The molecule has 9 heavy (non-hydrogen) atoms. The molecule has 1 heterocycles. The minimum absolute atomic E-state index is 0.701. The molecule has 1 unspecified atom stereocenters. The summed E-state index contributed by atoms with van der Waals surface area (Å²) in [6.45, 7) is 8.46. The highest BCUT2D eigenvalue weighted by Gasteiger charge is 2.21. The average molecular weight is 255 g/mol. The molecule has 1 rings (SSSR count). The summed E-state index contributed by atoms with van der Waals surface area (Å²) in [6.07, 6.45) is 0. The molecule has 0 amide bonds. The third-order valence-corrected chi connectivity index (χ3v) is 3.80. The maximum absolute atomic E-state index is 3.98. The lowest BCUT2D eigenvalue weighted by Crippen LogP contribution is -2.07. The van der Waals surface area contributed by atoms with Gasteiger partial charge in [0.05, 0.1) is 0 Å². The lowest BCUT2D eigenvalue weighted by atomic mass is 10.1. The second-order valence-corrected chi connectivity index (χ2v) is 4.29. The van der Waals surface area contributed by atoms with E-state index in [1.165, 1.54) is 12.1 Å². The fraction of sp³-hybridized carbons (Fsp3) is 0.667. The maximum Gasteiger partial charge on any atom is 0.0307 e. The van der Waals surface area contributed by atoms with Crippen LogP contribution in [0, 0.1) is 5.92 Å². The van der Waals surface area contributed by atoms with Crippen molar-refractivity contribution >= 4 is 30.3 Å². The molecular formula is C6H10INS. The van der Waals surface area contributed by atoms with E-state index in [1.54, 1.807) is 9.12 Å². The van der Waals surface area contributed by atoms with Crippen LogP contribution < -0.4 is 0 Å². The number of rotatable bonds is 1. The molecular weight excluding hydrogens is 245 g/mol. The van der Waals surface area contributed by atoms with Crippen LogP contribution in [-0.2, 0) is 0 Å². The second-order valence-electron chi connectivity index (χ2n) is 2.45. The van der Waals surface area contributed by atoms with Crippen molar-refractivity contribution in [2.45, 2.75) is 6.92 Å². The van der Waals surface area contributed by atoms with Crippen molar-refractivity contribution in [3.8, 4) is 0 Å². The van der Waals surface area contributed by atoms with Crippen LogP contribution in [0.4, 0.5) is 0 Å². The highest BCUT2D eigenvalue weighted by molar-refractivity contribution is 14.2. The first kappa shape index (κ1) is 7.88. The van der Waals surface area contributed by atoms with Crippen LogP contribution >= 0.6 is 30.3 Å². The fourth-order valence-corrected chi connectivity index (χ4v) is 2.33. The first-order valence-electron chi connectivity index (χ1n) is 2.95. The Morgan fingerprint density at radius 3 is 2.78 bits per heavy atom. The molecule has 0 aromatic rings. The Kier molecular flexibility index (Phi) is 2.85. The molecule has 0 bridgehead atoms. The number of hydrogen-bond acceptors (Lipinski definition) is 2. The van der Waals surface area contributed by atoms with Gasteiger partial charge in [-0.15, -0.1) is 0 Å². The number of halogens is 1. The molecule has 1 fully saturated rings. The summed E-state index contributed by atoms with van der Waals surface area (Å²) in [7, 11) is 1.78. The Labute approximate surface area is 72.6 Å². The van der Waals surface area contributed by atoms with Gasteiger partial charge in [-0.05, 0) is 15.0 Å². The van der Waals surface area contributed by atoms with Crippen molar-refractivity contribution in [2.75, 3.05) is 13.1 Å². The molecule has 0 N–H and O–H groups in total. The monoisotopic (exact) mass is 255 g/mol. The summed E-state index contributed by atoms with van der Waals surface area (Å²) < 4.78 is 2.33. The van der Waals surface area contributed by atoms with Crippen LogP contribution in [0.25, 0.3) is 0 Å². The minimum Gasteiger partial charge on any atom is -0.237 e. The zero-order valence-electron chi connectivity index (χ0n) is 5.43. The van der Waals surface area contributed by atoms with E-state index in [0.717, 1.165) is 6.54 Å². The standard InChI is InChI=1S/C6H10INS/c1-5-3-8(9-7)4-6(5)2/h6H,1,3-4H2,2H3. The maximum atomic E-state index is 3.98. The van der Waals surface area contributed by atoms with Gasteiger partial charge in [-0.25, -0.2) is 4.31 Å². The second kappa shape index (κ2) is 3.25. The summed E-state index contributed by atoms with van der Waals surface area (Å²) >= 11 is 2.31. The van der Waals surface area contributed by atoms with Gasteiger partial charge in [-0.1, -0.05) is 19.1 Å². The summed E-state index contributed by atoms with van der Waals surface area (Å²) in [5.74, 6) is 0.701. The lowest BCUT2D eigenvalue weighted by Gasteiger charge is -2.06. The molecule has 1 saturated heterocycles. The molecule has 0 aromatic heterocycles. The molecule has 52 valence electrons. The zero-order chi connectivity index (χ0) is 6.85. The Morgan fingerprint density at radius 2 is 2.56 bits per heavy atom. The molecule has 1 nitrogen and oxygen atoms in total. The van der Waals surface area contributed by atoms with Crippen molar-refractivity contribution in [3.05, 3.63) is 12.2 Å². The smallest absolute Gasteiger partial charge is 0.0307 e. The quantitative estimate of drug-likeness (QED) is 0.402. The van der Waals surface area contributed by atoms with Crippen molar-refractivity contribution in [3.63, 3.8) is 0 Å². The zero-order valence-corrected chi connectivity index (χ0v) is 8.41. The van der Waals surface area contributed by atoms with Gasteiger partial charge in [0.1, 0.15) is 0 Å². The lowest BCUT2D eigenvalue weighted by molar-refractivity contribution is 0.556. The van der Waals surface area contributed by atoms with Gasteiger partial charge < -0.3 is 0 Å². The predicted molar refractivity (Wildman–Crippen MR) is 51.5 cm³/mol. The third kappa shape index (κ3) is 1.85. The molecule has 1 aliphatic heterocycles. The van der Waals surface area contributed by atoms with Gasteiger partial charge in [0.25, 0.3) is 0 Å².